The van der Waals surface area contributed by atoms with Crippen LogP contribution in [0.15, 0.2) is 41.2 Å². The number of aromatic hydroxyl groups is 2. The van der Waals surface area contributed by atoms with E-state index < -0.39 is 0 Å². The van der Waals surface area contributed by atoms with E-state index in [1.807, 2.05) is 26.0 Å². The molecule has 7 nitrogen and oxygen atoms in total. The van der Waals surface area contributed by atoms with Crippen LogP contribution in [0, 0.1) is 0 Å². The first-order valence-corrected chi connectivity index (χ1v) is 10.9. The van der Waals surface area contributed by atoms with Gasteiger partial charge in [-0.25, -0.2) is 9.89 Å². The molecule has 7 heteroatoms. The average Bonchev–Trinajstić information content (AvgIpc) is 3.29. The van der Waals surface area contributed by atoms with Crippen molar-refractivity contribution < 1.29 is 10.2 Å². The Morgan fingerprint density at radius 1 is 1.10 bits per heavy atom. The summed E-state index contributed by atoms with van der Waals surface area (Å²) in [6.07, 6.45) is 2.51. The Morgan fingerprint density at radius 2 is 1.77 bits per heavy atom. The van der Waals surface area contributed by atoms with Gasteiger partial charge in [-0.3, -0.25) is 9.47 Å². The molecule has 3 aromatic rings. The number of nitrogens with one attached hydrogen (secondary N) is 1. The molecule has 4 rings (SSSR count). The normalized spacial score (nSPS) is 17.0. The van der Waals surface area contributed by atoms with E-state index in [1.54, 1.807) is 6.07 Å². The van der Waals surface area contributed by atoms with Crippen LogP contribution < -0.4 is 5.69 Å². The molecule has 0 spiro atoms. The van der Waals surface area contributed by atoms with E-state index in [-0.39, 0.29) is 23.1 Å². The number of benzene rings is 2. The number of hydrogen-bond donors (Lipinski definition) is 3. The van der Waals surface area contributed by atoms with Crippen molar-refractivity contribution in [2.45, 2.75) is 58.7 Å². The summed E-state index contributed by atoms with van der Waals surface area (Å²) in [5.74, 6) is 0.324. The number of phenols is 2. The number of phenolic OH excluding ortho intramolecular Hbond substituents is 2. The number of aromatic nitrogens is 3. The summed E-state index contributed by atoms with van der Waals surface area (Å²) < 4.78 is 1.51. The minimum absolute atomic E-state index is 0.0311. The topological polar surface area (TPSA) is 94.4 Å². The predicted octanol–water partition coefficient (Wildman–Crippen LogP) is 3.81. The first kappa shape index (κ1) is 21.2. The zero-order valence-electron chi connectivity index (χ0n) is 18.3. The van der Waals surface area contributed by atoms with Crippen LogP contribution in [0.3, 0.4) is 0 Å². The molecule has 164 valence electrons. The van der Waals surface area contributed by atoms with E-state index in [2.05, 4.69) is 34.2 Å². The summed E-state index contributed by atoms with van der Waals surface area (Å²) >= 11 is 0. The van der Waals surface area contributed by atoms with Crippen molar-refractivity contribution in [2.24, 2.45) is 0 Å². The molecule has 1 aliphatic rings. The minimum Gasteiger partial charge on any atom is -0.508 e. The molecule has 31 heavy (non-hydrogen) atoms. The standard InChI is InChI=1S/C24H30N4O3/c1-15(2)19-11-20(22(30)12-21(19)29)23-25-26-24(31)28(23)14-18-8-6-17(7-9-18)13-27-10-4-5-16(27)3/h6-9,11-12,15-16,29-30H,4-5,10,13-14H2,1-3H3,(H,26,31)/t16-/m0/s1. The molecule has 1 fully saturated rings. The number of nitrogens with zero attached hydrogens (tertiary/aromatic N) is 3. The summed E-state index contributed by atoms with van der Waals surface area (Å²) in [6, 6.07) is 11.9. The summed E-state index contributed by atoms with van der Waals surface area (Å²) in [5, 5.41) is 27.2. The Labute approximate surface area is 182 Å². The number of rotatable bonds is 6. The third kappa shape index (κ3) is 4.37. The van der Waals surface area contributed by atoms with Crippen LogP contribution in [0.2, 0.25) is 0 Å². The number of hydrogen-bond acceptors (Lipinski definition) is 5. The van der Waals surface area contributed by atoms with Crippen molar-refractivity contribution in [3.8, 4) is 22.9 Å². The number of H-pyrrole nitrogens is 1. The molecule has 2 heterocycles. The highest BCUT2D eigenvalue weighted by atomic mass is 16.3. The zero-order valence-corrected chi connectivity index (χ0v) is 18.3. The molecular formula is C24H30N4O3. The van der Waals surface area contributed by atoms with Gasteiger partial charge in [0.15, 0.2) is 5.82 Å². The summed E-state index contributed by atoms with van der Waals surface area (Å²) in [7, 11) is 0. The van der Waals surface area contributed by atoms with Crippen molar-refractivity contribution in [1.82, 2.24) is 19.7 Å². The highest BCUT2D eigenvalue weighted by Gasteiger charge is 2.21. The van der Waals surface area contributed by atoms with Gasteiger partial charge in [0.25, 0.3) is 0 Å². The predicted molar refractivity (Wildman–Crippen MR) is 120 cm³/mol. The zero-order chi connectivity index (χ0) is 22.1. The quantitative estimate of drug-likeness (QED) is 0.562. The fraction of sp³-hybridized carbons (Fsp3) is 0.417. The fourth-order valence-electron chi connectivity index (χ4n) is 4.30. The Morgan fingerprint density at radius 3 is 2.39 bits per heavy atom. The van der Waals surface area contributed by atoms with Gasteiger partial charge in [0, 0.05) is 18.7 Å². The van der Waals surface area contributed by atoms with Crippen molar-refractivity contribution in [3.05, 3.63) is 63.6 Å². The largest absolute Gasteiger partial charge is 0.508 e. The molecule has 1 atom stereocenters. The van der Waals surface area contributed by atoms with Crippen LogP contribution in [0.4, 0.5) is 0 Å². The van der Waals surface area contributed by atoms with Gasteiger partial charge in [-0.1, -0.05) is 38.1 Å². The van der Waals surface area contributed by atoms with Gasteiger partial charge in [0.05, 0.1) is 12.1 Å². The Balaban J connectivity index is 1.59. The molecular weight excluding hydrogens is 392 g/mol. The molecule has 0 saturated carbocycles. The lowest BCUT2D eigenvalue weighted by molar-refractivity contribution is 0.260. The van der Waals surface area contributed by atoms with E-state index in [0.29, 0.717) is 29.5 Å². The smallest absolute Gasteiger partial charge is 0.343 e. The third-order valence-electron chi connectivity index (χ3n) is 6.21. The summed E-state index contributed by atoms with van der Waals surface area (Å²) in [6.45, 7) is 8.61. The van der Waals surface area contributed by atoms with Gasteiger partial charge in [-0.2, -0.15) is 5.10 Å². The van der Waals surface area contributed by atoms with E-state index in [4.69, 9.17) is 0 Å². The Bertz CT molecular complexity index is 1110. The van der Waals surface area contributed by atoms with Gasteiger partial charge in [0.1, 0.15) is 11.5 Å². The lowest BCUT2D eigenvalue weighted by atomic mass is 9.98. The van der Waals surface area contributed by atoms with Crippen molar-refractivity contribution in [2.75, 3.05) is 6.54 Å². The molecule has 0 amide bonds. The van der Waals surface area contributed by atoms with Crippen LogP contribution in [0.25, 0.3) is 11.4 Å². The van der Waals surface area contributed by atoms with Crippen LogP contribution >= 0.6 is 0 Å². The SMILES string of the molecule is CC(C)c1cc(-c2n[nH]c(=O)n2Cc2ccc(CN3CCC[C@@H]3C)cc2)c(O)cc1O. The average molecular weight is 423 g/mol. The summed E-state index contributed by atoms with van der Waals surface area (Å²) in [4.78, 5) is 14.9. The molecule has 0 aliphatic carbocycles. The maximum atomic E-state index is 12.5. The first-order chi connectivity index (χ1) is 14.8. The van der Waals surface area contributed by atoms with Gasteiger partial charge in [-0.05, 0) is 55.0 Å². The van der Waals surface area contributed by atoms with Crippen LogP contribution in [-0.2, 0) is 13.1 Å². The van der Waals surface area contributed by atoms with Crippen LogP contribution in [0.5, 0.6) is 11.5 Å². The van der Waals surface area contributed by atoms with E-state index >= 15 is 0 Å². The maximum absolute atomic E-state index is 12.5. The van der Waals surface area contributed by atoms with Crippen molar-refractivity contribution in [3.63, 3.8) is 0 Å². The second-order valence-electron chi connectivity index (χ2n) is 8.80. The first-order valence-electron chi connectivity index (χ1n) is 10.9. The summed E-state index contributed by atoms with van der Waals surface area (Å²) in [5.41, 5.74) is 3.00. The fourth-order valence-corrected chi connectivity index (χ4v) is 4.30. The molecule has 3 N–H and O–H groups in total. The van der Waals surface area contributed by atoms with Crippen LogP contribution in [-0.4, -0.2) is 42.5 Å². The minimum atomic E-state index is -0.344. The molecule has 0 unspecified atom stereocenters. The van der Waals surface area contributed by atoms with Gasteiger partial charge < -0.3 is 10.2 Å². The Hall–Kier alpha value is -3.06. The second-order valence-corrected chi connectivity index (χ2v) is 8.80. The van der Waals surface area contributed by atoms with Gasteiger partial charge in [-0.15, -0.1) is 0 Å². The molecule has 1 aromatic heterocycles. The third-order valence-corrected chi connectivity index (χ3v) is 6.21. The maximum Gasteiger partial charge on any atom is 0.343 e. The number of likely N-dealkylation sites (tertiary alicyclic amines) is 1. The van der Waals surface area contributed by atoms with Crippen molar-refractivity contribution in [1.29, 1.82) is 0 Å². The monoisotopic (exact) mass is 422 g/mol. The molecule has 0 radical (unpaired) electrons. The molecule has 2 aromatic carbocycles. The van der Waals surface area contributed by atoms with E-state index in [1.165, 1.54) is 29.0 Å². The lowest BCUT2D eigenvalue weighted by Crippen LogP contribution is -2.26. The van der Waals surface area contributed by atoms with Crippen molar-refractivity contribution >= 4 is 0 Å². The molecule has 0 bridgehead atoms. The van der Waals surface area contributed by atoms with Crippen LogP contribution in [0.1, 0.15) is 56.2 Å². The van der Waals surface area contributed by atoms with E-state index in [0.717, 1.165) is 18.7 Å². The van der Waals surface area contributed by atoms with Gasteiger partial charge in [0.2, 0.25) is 0 Å². The lowest BCUT2D eigenvalue weighted by Gasteiger charge is -2.21. The molecule has 1 aliphatic heterocycles. The molecule has 1 saturated heterocycles. The number of aromatic amines is 1. The second kappa shape index (κ2) is 8.59. The van der Waals surface area contributed by atoms with Gasteiger partial charge >= 0.3 is 5.69 Å². The highest BCUT2D eigenvalue weighted by molar-refractivity contribution is 5.67. The highest BCUT2D eigenvalue weighted by Crippen LogP contribution is 2.36. The van der Waals surface area contributed by atoms with E-state index in [9.17, 15) is 15.0 Å². The Kier molecular flexibility index (Phi) is 5.87.